The number of carbonyl (C=O) groups is 2. The van der Waals surface area contributed by atoms with Crippen LogP contribution >= 0.6 is 11.6 Å². The van der Waals surface area contributed by atoms with E-state index in [1.165, 1.54) is 7.11 Å². The molecule has 0 saturated carbocycles. The first-order valence-electron chi connectivity index (χ1n) is 8.18. The van der Waals surface area contributed by atoms with E-state index >= 15 is 0 Å². The number of halogens is 1. The molecule has 5 nitrogen and oxygen atoms in total. The monoisotopic (exact) mass is 360 g/mol. The summed E-state index contributed by atoms with van der Waals surface area (Å²) >= 11 is 6.31. The molecule has 0 spiro atoms. The molecule has 3 rings (SSSR count). The van der Waals surface area contributed by atoms with Crippen molar-refractivity contribution >= 4 is 23.4 Å². The van der Waals surface area contributed by atoms with E-state index in [4.69, 9.17) is 16.3 Å². The molecule has 1 atom stereocenters. The van der Waals surface area contributed by atoms with Crippen LogP contribution in [0.15, 0.2) is 40.9 Å². The molecule has 6 heteroatoms. The first-order chi connectivity index (χ1) is 11.7. The summed E-state index contributed by atoms with van der Waals surface area (Å²) in [5.74, 6) is -1.01. The number of allylic oxidation sites excluding steroid dienone is 3. The topological polar surface area (TPSA) is 68.3 Å². The normalized spacial score (nSPS) is 22.4. The first kappa shape index (κ1) is 17.7. The number of nitrogens with one attached hydrogen (secondary N) is 1. The van der Waals surface area contributed by atoms with Crippen molar-refractivity contribution in [3.8, 4) is 0 Å². The van der Waals surface area contributed by atoms with Gasteiger partial charge >= 0.3 is 5.97 Å². The van der Waals surface area contributed by atoms with Crippen molar-refractivity contribution in [3.63, 3.8) is 0 Å². The number of hydrogen-bond donors (Lipinski definition) is 1. The fraction of sp³-hybridized carbons (Fsp3) is 0.421. The number of ketones is 1. The van der Waals surface area contributed by atoms with Gasteiger partial charge in [-0.25, -0.2) is 9.78 Å². The minimum Gasteiger partial charge on any atom is -0.466 e. The number of rotatable bonds is 2. The molecule has 132 valence electrons. The van der Waals surface area contributed by atoms with E-state index in [0.29, 0.717) is 28.8 Å². The lowest BCUT2D eigenvalue weighted by molar-refractivity contribution is -0.136. The Hall–Kier alpha value is -2.14. The highest BCUT2D eigenvalue weighted by atomic mass is 35.5. The molecule has 0 fully saturated rings. The van der Waals surface area contributed by atoms with Crippen LogP contribution in [0.2, 0.25) is 5.15 Å². The number of nitrogens with zero attached hydrogens (tertiary/aromatic N) is 1. The van der Waals surface area contributed by atoms with Crippen LogP contribution in [0.1, 0.15) is 45.1 Å². The summed E-state index contributed by atoms with van der Waals surface area (Å²) in [4.78, 5) is 29.6. The molecule has 1 aliphatic heterocycles. The lowest BCUT2D eigenvalue weighted by atomic mass is 9.69. The molecule has 2 heterocycles. The number of esters is 1. The third-order valence-electron chi connectivity index (χ3n) is 4.74. The SMILES string of the molecule is COC(=O)C1=C(C)NC2=C(C(=O)CC(C)(C)C2)[C@@H]1c1cccnc1Cl. The maximum absolute atomic E-state index is 13.0. The third kappa shape index (κ3) is 3.09. The molecule has 0 amide bonds. The number of carbonyl (C=O) groups excluding carboxylic acids is 2. The molecule has 0 unspecified atom stereocenters. The van der Waals surface area contributed by atoms with Crippen LogP contribution in [0.25, 0.3) is 0 Å². The number of aromatic nitrogens is 1. The molecule has 25 heavy (non-hydrogen) atoms. The second-order valence-electron chi connectivity index (χ2n) is 7.30. The second-order valence-corrected chi connectivity index (χ2v) is 7.66. The maximum Gasteiger partial charge on any atom is 0.336 e. The van der Waals surface area contributed by atoms with Crippen LogP contribution in [-0.2, 0) is 14.3 Å². The smallest absolute Gasteiger partial charge is 0.336 e. The lowest BCUT2D eigenvalue weighted by Crippen LogP contribution is -2.38. The quantitative estimate of drug-likeness (QED) is 0.645. The van der Waals surface area contributed by atoms with Gasteiger partial charge in [-0.15, -0.1) is 0 Å². The Morgan fingerprint density at radius 2 is 2.12 bits per heavy atom. The highest BCUT2D eigenvalue weighted by Gasteiger charge is 2.43. The van der Waals surface area contributed by atoms with Gasteiger partial charge in [-0.2, -0.15) is 0 Å². The van der Waals surface area contributed by atoms with Gasteiger partial charge in [0.25, 0.3) is 0 Å². The minimum absolute atomic E-state index is 0.0255. The lowest BCUT2D eigenvalue weighted by Gasteiger charge is -2.39. The number of dihydropyridines is 1. The molecule has 1 aromatic rings. The van der Waals surface area contributed by atoms with Crippen LogP contribution in [-0.4, -0.2) is 23.8 Å². The highest BCUT2D eigenvalue weighted by molar-refractivity contribution is 6.30. The summed E-state index contributed by atoms with van der Waals surface area (Å²) < 4.78 is 4.97. The average molecular weight is 361 g/mol. The molecular formula is C19H21ClN2O3. The summed E-state index contributed by atoms with van der Waals surface area (Å²) in [6, 6.07) is 3.56. The van der Waals surface area contributed by atoms with Crippen molar-refractivity contribution in [3.05, 3.63) is 51.6 Å². The van der Waals surface area contributed by atoms with Crippen molar-refractivity contribution in [2.45, 2.75) is 39.5 Å². The molecule has 2 aliphatic rings. The van der Waals surface area contributed by atoms with Gasteiger partial charge in [0.15, 0.2) is 5.78 Å². The first-order valence-corrected chi connectivity index (χ1v) is 8.55. The van der Waals surface area contributed by atoms with Crippen LogP contribution < -0.4 is 5.32 Å². The van der Waals surface area contributed by atoms with E-state index < -0.39 is 11.9 Å². The molecular weight excluding hydrogens is 340 g/mol. The van der Waals surface area contributed by atoms with Gasteiger partial charge in [-0.05, 0) is 24.8 Å². The fourth-order valence-electron chi connectivity index (χ4n) is 3.74. The van der Waals surface area contributed by atoms with Crippen molar-refractivity contribution in [2.75, 3.05) is 7.11 Å². The van der Waals surface area contributed by atoms with Crippen molar-refractivity contribution in [2.24, 2.45) is 5.41 Å². The largest absolute Gasteiger partial charge is 0.466 e. The second kappa shape index (κ2) is 6.30. The number of pyridine rings is 1. The summed E-state index contributed by atoms with van der Waals surface area (Å²) in [5.41, 5.74) is 3.06. The number of Topliss-reactive ketones (excluding diaryl/α,β-unsaturated/α-hetero) is 1. The van der Waals surface area contributed by atoms with Crippen LogP contribution in [0, 0.1) is 5.41 Å². The van der Waals surface area contributed by atoms with Gasteiger partial charge in [0, 0.05) is 35.1 Å². The molecule has 0 radical (unpaired) electrons. The molecule has 0 saturated heterocycles. The number of methoxy groups -OCH3 is 1. The summed E-state index contributed by atoms with van der Waals surface area (Å²) in [5, 5.41) is 3.55. The molecule has 0 aromatic carbocycles. The summed E-state index contributed by atoms with van der Waals surface area (Å²) in [7, 11) is 1.33. The zero-order valence-corrected chi connectivity index (χ0v) is 15.5. The third-order valence-corrected chi connectivity index (χ3v) is 5.06. The Bertz CT molecular complexity index is 824. The minimum atomic E-state index is -0.562. The van der Waals surface area contributed by atoms with Crippen LogP contribution in [0.3, 0.4) is 0 Å². The van der Waals surface area contributed by atoms with E-state index in [9.17, 15) is 9.59 Å². The highest BCUT2D eigenvalue weighted by Crippen LogP contribution is 2.47. The molecule has 1 aliphatic carbocycles. The zero-order chi connectivity index (χ0) is 18.4. The van der Waals surface area contributed by atoms with Crippen LogP contribution in [0.5, 0.6) is 0 Å². The van der Waals surface area contributed by atoms with E-state index in [1.54, 1.807) is 18.3 Å². The Labute approximate surface area is 152 Å². The Morgan fingerprint density at radius 1 is 1.40 bits per heavy atom. The van der Waals surface area contributed by atoms with E-state index in [-0.39, 0.29) is 16.4 Å². The van der Waals surface area contributed by atoms with E-state index in [2.05, 4.69) is 24.1 Å². The van der Waals surface area contributed by atoms with Gasteiger partial charge in [-0.3, -0.25) is 4.79 Å². The predicted octanol–water partition coefficient (Wildman–Crippen LogP) is 3.51. The van der Waals surface area contributed by atoms with Gasteiger partial charge in [0.05, 0.1) is 18.6 Å². The van der Waals surface area contributed by atoms with Gasteiger partial charge in [0.1, 0.15) is 5.15 Å². The van der Waals surface area contributed by atoms with Gasteiger partial charge in [-0.1, -0.05) is 31.5 Å². The van der Waals surface area contributed by atoms with Crippen molar-refractivity contribution < 1.29 is 14.3 Å². The Balaban J connectivity index is 2.24. The number of hydrogen-bond acceptors (Lipinski definition) is 5. The summed E-state index contributed by atoms with van der Waals surface area (Å²) in [6.45, 7) is 5.95. The Kier molecular flexibility index (Phi) is 4.45. The van der Waals surface area contributed by atoms with Gasteiger partial charge < -0.3 is 10.1 Å². The summed E-state index contributed by atoms with van der Waals surface area (Å²) in [6.07, 6.45) is 2.74. The average Bonchev–Trinajstić information content (AvgIpc) is 2.52. The van der Waals surface area contributed by atoms with Crippen molar-refractivity contribution in [1.82, 2.24) is 10.3 Å². The molecule has 1 N–H and O–H groups in total. The van der Waals surface area contributed by atoms with E-state index in [1.807, 2.05) is 6.92 Å². The van der Waals surface area contributed by atoms with Crippen LogP contribution in [0.4, 0.5) is 0 Å². The van der Waals surface area contributed by atoms with E-state index in [0.717, 1.165) is 12.1 Å². The van der Waals surface area contributed by atoms with Gasteiger partial charge in [0.2, 0.25) is 0 Å². The maximum atomic E-state index is 13.0. The molecule has 0 bridgehead atoms. The fourth-order valence-corrected chi connectivity index (χ4v) is 3.97. The predicted molar refractivity (Wildman–Crippen MR) is 94.9 cm³/mol. The van der Waals surface area contributed by atoms with Crippen molar-refractivity contribution in [1.29, 1.82) is 0 Å². The molecule has 1 aromatic heterocycles. The Morgan fingerprint density at radius 3 is 2.76 bits per heavy atom. The zero-order valence-electron chi connectivity index (χ0n) is 14.8. The number of ether oxygens (including phenoxy) is 1. The standard InChI is InChI=1S/C19H21ClN2O3/c1-10-14(18(24)25-4)15(11-6-5-7-21-17(11)20)16-12(22-10)8-19(2,3)9-13(16)23/h5-7,15,22H,8-9H2,1-4H3/t15-/m1/s1.